The van der Waals surface area contributed by atoms with Crippen molar-refractivity contribution in [3.8, 4) is 5.75 Å². The lowest BCUT2D eigenvalue weighted by molar-refractivity contribution is 0.415. The van der Waals surface area contributed by atoms with E-state index < -0.39 is 0 Å². The zero-order chi connectivity index (χ0) is 15.1. The highest BCUT2D eigenvalue weighted by molar-refractivity contribution is 6.06. The molecule has 2 aromatic heterocycles. The van der Waals surface area contributed by atoms with Crippen LogP contribution in [0.2, 0.25) is 0 Å². The number of hydrogen-bond donors (Lipinski definition) is 2. The Kier molecular flexibility index (Phi) is 3.00. The lowest BCUT2D eigenvalue weighted by Crippen LogP contribution is -2.44. The minimum Gasteiger partial charge on any atom is -0.497 e. The maximum atomic E-state index is 5.99. The van der Waals surface area contributed by atoms with Crippen LogP contribution in [0.4, 0.5) is 11.8 Å². The van der Waals surface area contributed by atoms with Crippen LogP contribution in [-0.2, 0) is 0 Å². The van der Waals surface area contributed by atoms with Gasteiger partial charge in [0.25, 0.3) is 0 Å². The van der Waals surface area contributed by atoms with Gasteiger partial charge in [0.1, 0.15) is 16.8 Å². The number of nitrogens with zero attached hydrogens (tertiary/aromatic N) is 3. The van der Waals surface area contributed by atoms with Gasteiger partial charge in [-0.05, 0) is 18.2 Å². The van der Waals surface area contributed by atoms with E-state index in [-0.39, 0.29) is 5.95 Å². The Morgan fingerprint density at radius 3 is 2.86 bits per heavy atom. The Labute approximate surface area is 127 Å². The monoisotopic (exact) mass is 299 g/mol. The van der Waals surface area contributed by atoms with Crippen molar-refractivity contribution in [1.82, 2.24) is 15.3 Å². The normalized spacial score (nSPS) is 15.6. The molecule has 0 spiro atoms. The van der Waals surface area contributed by atoms with Gasteiger partial charge < -0.3 is 25.1 Å². The topological polar surface area (TPSA) is 89.4 Å². The number of rotatable bonds is 2. The molecule has 0 unspecified atom stereocenters. The van der Waals surface area contributed by atoms with Crippen LogP contribution in [0.1, 0.15) is 0 Å². The molecular weight excluding hydrogens is 282 g/mol. The van der Waals surface area contributed by atoms with Gasteiger partial charge in [-0.25, -0.2) is 4.98 Å². The smallest absolute Gasteiger partial charge is 0.222 e. The largest absolute Gasteiger partial charge is 0.497 e. The molecule has 0 amide bonds. The lowest BCUT2D eigenvalue weighted by Gasteiger charge is -2.28. The predicted molar refractivity (Wildman–Crippen MR) is 85.4 cm³/mol. The molecule has 0 bridgehead atoms. The molecule has 3 N–H and O–H groups in total. The van der Waals surface area contributed by atoms with E-state index in [9.17, 15) is 0 Å². The van der Waals surface area contributed by atoms with E-state index in [1.54, 1.807) is 7.11 Å². The Morgan fingerprint density at radius 2 is 2.09 bits per heavy atom. The van der Waals surface area contributed by atoms with Crippen LogP contribution >= 0.6 is 0 Å². The van der Waals surface area contributed by atoms with Gasteiger partial charge >= 0.3 is 0 Å². The molecule has 114 valence electrons. The number of nitrogen functional groups attached to an aromatic ring is 1. The number of ether oxygens (including phenoxy) is 1. The van der Waals surface area contributed by atoms with Gasteiger partial charge in [0.05, 0.1) is 12.5 Å². The fourth-order valence-electron chi connectivity index (χ4n) is 2.84. The number of fused-ring (bicyclic) bond motifs is 3. The Balaban J connectivity index is 1.97. The first-order valence-electron chi connectivity index (χ1n) is 7.25. The molecule has 7 heteroatoms. The molecule has 1 fully saturated rings. The molecule has 1 saturated heterocycles. The fourth-order valence-corrected chi connectivity index (χ4v) is 2.84. The van der Waals surface area contributed by atoms with E-state index in [4.69, 9.17) is 14.9 Å². The highest BCUT2D eigenvalue weighted by atomic mass is 16.5. The molecule has 4 rings (SSSR count). The van der Waals surface area contributed by atoms with Crippen molar-refractivity contribution < 1.29 is 9.15 Å². The third-order valence-electron chi connectivity index (χ3n) is 3.94. The average molecular weight is 299 g/mol. The molecule has 0 saturated carbocycles. The summed E-state index contributed by atoms with van der Waals surface area (Å²) in [4.78, 5) is 10.9. The second-order valence-electron chi connectivity index (χ2n) is 5.28. The fraction of sp³-hybridized carbons (Fsp3) is 0.333. The summed E-state index contributed by atoms with van der Waals surface area (Å²) in [7, 11) is 1.64. The Bertz CT molecular complexity index is 839. The lowest BCUT2D eigenvalue weighted by atomic mass is 10.2. The quantitative estimate of drug-likeness (QED) is 0.738. The second-order valence-corrected chi connectivity index (χ2v) is 5.28. The first kappa shape index (κ1) is 13.1. The van der Waals surface area contributed by atoms with E-state index in [1.807, 2.05) is 18.2 Å². The average Bonchev–Trinajstić information content (AvgIpc) is 2.92. The summed E-state index contributed by atoms with van der Waals surface area (Å²) in [6, 6.07) is 5.66. The SMILES string of the molecule is COc1ccc2oc3c(N4CCNCC4)nc(N)nc3c2c1. The van der Waals surface area contributed by atoms with Crippen molar-refractivity contribution in [3.63, 3.8) is 0 Å². The highest BCUT2D eigenvalue weighted by Gasteiger charge is 2.21. The number of furan rings is 1. The first-order chi connectivity index (χ1) is 10.8. The molecule has 0 atom stereocenters. The zero-order valence-corrected chi connectivity index (χ0v) is 12.3. The molecule has 7 nitrogen and oxygen atoms in total. The van der Waals surface area contributed by atoms with E-state index >= 15 is 0 Å². The van der Waals surface area contributed by atoms with Crippen LogP contribution in [0.15, 0.2) is 22.6 Å². The number of hydrogen-bond acceptors (Lipinski definition) is 7. The summed E-state index contributed by atoms with van der Waals surface area (Å²) < 4.78 is 11.3. The number of piperazine rings is 1. The van der Waals surface area contributed by atoms with Crippen LogP contribution in [0.25, 0.3) is 22.1 Å². The van der Waals surface area contributed by atoms with Crippen LogP contribution in [0, 0.1) is 0 Å². The highest BCUT2D eigenvalue weighted by Crippen LogP contribution is 2.35. The summed E-state index contributed by atoms with van der Waals surface area (Å²) in [5, 5.41) is 4.21. The molecule has 22 heavy (non-hydrogen) atoms. The number of methoxy groups -OCH3 is 1. The van der Waals surface area contributed by atoms with Gasteiger partial charge in [-0.15, -0.1) is 0 Å². The van der Waals surface area contributed by atoms with E-state index in [0.29, 0.717) is 5.58 Å². The number of aromatic nitrogens is 2. The van der Waals surface area contributed by atoms with Gasteiger partial charge in [0.2, 0.25) is 5.95 Å². The number of nitrogens with two attached hydrogens (primary N) is 1. The molecule has 3 aromatic rings. The number of benzene rings is 1. The molecule has 1 aliphatic heterocycles. The first-order valence-corrected chi connectivity index (χ1v) is 7.25. The van der Waals surface area contributed by atoms with Crippen LogP contribution < -0.4 is 20.7 Å². The minimum absolute atomic E-state index is 0.256. The van der Waals surface area contributed by atoms with Gasteiger partial charge in [-0.1, -0.05) is 0 Å². The maximum absolute atomic E-state index is 5.99. The summed E-state index contributed by atoms with van der Waals surface area (Å²) in [5.41, 5.74) is 8.08. The molecule has 0 radical (unpaired) electrons. The van der Waals surface area contributed by atoms with Gasteiger partial charge in [-0.2, -0.15) is 4.98 Å². The van der Waals surface area contributed by atoms with Crippen molar-refractivity contribution in [2.24, 2.45) is 0 Å². The maximum Gasteiger partial charge on any atom is 0.222 e. The molecule has 1 aromatic carbocycles. The molecule has 0 aliphatic carbocycles. The minimum atomic E-state index is 0.256. The van der Waals surface area contributed by atoms with Crippen molar-refractivity contribution in [3.05, 3.63) is 18.2 Å². The summed E-state index contributed by atoms with van der Waals surface area (Å²) >= 11 is 0. The summed E-state index contributed by atoms with van der Waals surface area (Å²) in [5.74, 6) is 1.78. The van der Waals surface area contributed by atoms with Crippen LogP contribution in [0.3, 0.4) is 0 Å². The standard InChI is InChI=1S/C15H17N5O2/c1-21-9-2-3-11-10(8-9)12-13(22-11)14(19-15(16)18-12)20-6-4-17-5-7-20/h2-3,8,17H,4-7H2,1H3,(H2,16,18,19). The summed E-state index contributed by atoms with van der Waals surface area (Å²) in [6.07, 6.45) is 0. The van der Waals surface area contributed by atoms with Crippen LogP contribution in [-0.4, -0.2) is 43.3 Å². The molecular formula is C15H17N5O2. The number of nitrogens with one attached hydrogen (secondary N) is 1. The van der Waals surface area contributed by atoms with Gasteiger partial charge in [0.15, 0.2) is 11.4 Å². The van der Waals surface area contributed by atoms with E-state index in [1.165, 1.54) is 0 Å². The van der Waals surface area contributed by atoms with Crippen molar-refractivity contribution in [2.45, 2.75) is 0 Å². The second kappa shape index (κ2) is 5.03. The third kappa shape index (κ3) is 2.01. The van der Waals surface area contributed by atoms with Crippen molar-refractivity contribution >= 4 is 33.8 Å². The Morgan fingerprint density at radius 1 is 1.27 bits per heavy atom. The van der Waals surface area contributed by atoms with Gasteiger partial charge in [0, 0.05) is 26.2 Å². The predicted octanol–water partition coefficient (Wildman–Crippen LogP) is 1.38. The molecule has 1 aliphatic rings. The van der Waals surface area contributed by atoms with Gasteiger partial charge in [-0.3, -0.25) is 0 Å². The summed E-state index contributed by atoms with van der Waals surface area (Å²) in [6.45, 7) is 3.57. The Hall–Kier alpha value is -2.54. The molecule has 3 heterocycles. The van der Waals surface area contributed by atoms with E-state index in [2.05, 4.69) is 20.2 Å². The van der Waals surface area contributed by atoms with Crippen LogP contribution in [0.5, 0.6) is 5.75 Å². The zero-order valence-electron chi connectivity index (χ0n) is 12.3. The van der Waals surface area contributed by atoms with Crippen molar-refractivity contribution in [2.75, 3.05) is 43.9 Å². The van der Waals surface area contributed by atoms with Crippen molar-refractivity contribution in [1.29, 1.82) is 0 Å². The van der Waals surface area contributed by atoms with E-state index in [0.717, 1.165) is 54.2 Å². The third-order valence-corrected chi connectivity index (χ3v) is 3.94. The number of anilines is 2.